The molecule has 4 amide bonds. The number of ether oxygens (including phenoxy) is 2. The van der Waals surface area contributed by atoms with Crippen molar-refractivity contribution in [3.05, 3.63) is 0 Å². The van der Waals surface area contributed by atoms with Gasteiger partial charge in [0, 0.05) is 43.7 Å². The molecule has 0 saturated carbocycles. The number of rotatable bonds is 18. The number of unbranched alkanes of at least 4 members (excludes halogenated alkanes) is 1. The summed E-state index contributed by atoms with van der Waals surface area (Å²) in [6.45, 7) is 1.73. The first-order valence-electron chi connectivity index (χ1n) is 11.7. The minimum Gasteiger partial charge on any atom is -0.380 e. The fourth-order valence-corrected chi connectivity index (χ4v) is 5.83. The Balaban J connectivity index is 1.32. The standard InChI is InChI=1S/C20H37N4O8PS/c25-17(6-2-1-5-16-19-15(14-34-16)23-20(27)24-19)22-8-11-31-9-4-10-32-13-18(26)21-7-3-12-33(28,29)30/h15-16,19H,1-14H2,(H,21,26)(H,22,25)(H2,23,24,27)(H2,28,29,30)/t15-,16-,19-/m0/s1. The van der Waals surface area contributed by atoms with Gasteiger partial charge in [0.1, 0.15) is 6.61 Å². The van der Waals surface area contributed by atoms with E-state index in [9.17, 15) is 18.9 Å². The molecule has 2 heterocycles. The Hall–Kier alpha value is -1.37. The average Bonchev–Trinajstić information content (AvgIpc) is 3.31. The van der Waals surface area contributed by atoms with Gasteiger partial charge in [-0.1, -0.05) is 6.42 Å². The molecule has 12 nitrogen and oxygen atoms in total. The summed E-state index contributed by atoms with van der Waals surface area (Å²) in [6, 6.07) is 0.364. The molecule has 0 bridgehead atoms. The van der Waals surface area contributed by atoms with Crippen molar-refractivity contribution in [2.75, 3.05) is 51.4 Å². The minimum atomic E-state index is -4.02. The number of nitrogens with one attached hydrogen (secondary N) is 4. The molecule has 0 aromatic carbocycles. The van der Waals surface area contributed by atoms with Crippen molar-refractivity contribution in [2.24, 2.45) is 0 Å². The predicted molar refractivity (Wildman–Crippen MR) is 128 cm³/mol. The van der Waals surface area contributed by atoms with Crippen molar-refractivity contribution in [3.8, 4) is 0 Å². The summed E-state index contributed by atoms with van der Waals surface area (Å²) in [5.74, 6) is 0.620. The molecule has 0 unspecified atom stereocenters. The molecule has 2 rings (SSSR count). The van der Waals surface area contributed by atoms with Crippen LogP contribution in [-0.4, -0.2) is 96.4 Å². The SMILES string of the molecule is O=C(CCCC[C@@H]1SC[C@@H]2NC(=O)N[C@@H]21)NCCOCCCOCC(=O)NCCCP(=O)(O)O. The molecule has 2 fully saturated rings. The molecule has 2 saturated heterocycles. The highest BCUT2D eigenvalue weighted by Gasteiger charge is 2.42. The van der Waals surface area contributed by atoms with Crippen LogP contribution in [0.2, 0.25) is 0 Å². The molecule has 0 aromatic heterocycles. The van der Waals surface area contributed by atoms with Gasteiger partial charge < -0.3 is 40.5 Å². The van der Waals surface area contributed by atoms with Gasteiger partial charge in [-0.25, -0.2) is 4.79 Å². The van der Waals surface area contributed by atoms with E-state index in [0.717, 1.165) is 25.0 Å². The Labute approximate surface area is 204 Å². The van der Waals surface area contributed by atoms with Gasteiger partial charge in [-0.15, -0.1) is 0 Å². The number of hydrogen-bond donors (Lipinski definition) is 6. The Bertz CT molecular complexity index is 710. The van der Waals surface area contributed by atoms with E-state index in [-0.39, 0.29) is 55.7 Å². The fraction of sp³-hybridized carbons (Fsp3) is 0.850. The molecule has 2 aliphatic rings. The Kier molecular flexibility index (Phi) is 13.2. The molecular formula is C20H37N4O8PS. The third kappa shape index (κ3) is 12.4. The maximum atomic E-state index is 11.9. The Morgan fingerprint density at radius 3 is 2.56 bits per heavy atom. The van der Waals surface area contributed by atoms with E-state index in [4.69, 9.17) is 19.3 Å². The highest BCUT2D eigenvalue weighted by atomic mass is 32.2. The van der Waals surface area contributed by atoms with E-state index in [2.05, 4.69) is 21.3 Å². The molecule has 0 aliphatic carbocycles. The van der Waals surface area contributed by atoms with E-state index in [1.807, 2.05) is 11.8 Å². The summed E-state index contributed by atoms with van der Waals surface area (Å²) < 4.78 is 21.3. The zero-order valence-electron chi connectivity index (χ0n) is 19.3. The second-order valence-corrected chi connectivity index (χ2v) is 11.4. The summed E-state index contributed by atoms with van der Waals surface area (Å²) >= 11 is 1.88. The maximum absolute atomic E-state index is 11.9. The number of hydrogen-bond acceptors (Lipinski definition) is 7. The number of fused-ring (bicyclic) bond motifs is 1. The minimum absolute atomic E-state index is 0.00604. The molecule has 2 aliphatic heterocycles. The van der Waals surface area contributed by atoms with Gasteiger partial charge in [0.2, 0.25) is 11.8 Å². The molecule has 0 radical (unpaired) electrons. The molecule has 6 N–H and O–H groups in total. The van der Waals surface area contributed by atoms with Gasteiger partial charge in [-0.05, 0) is 25.7 Å². The van der Waals surface area contributed by atoms with Crippen LogP contribution in [-0.2, 0) is 23.6 Å². The van der Waals surface area contributed by atoms with E-state index in [1.54, 1.807) is 0 Å². The first kappa shape index (κ1) is 28.9. The van der Waals surface area contributed by atoms with Crippen LogP contribution in [0.15, 0.2) is 0 Å². The van der Waals surface area contributed by atoms with E-state index < -0.39 is 7.60 Å². The molecule has 3 atom stereocenters. The van der Waals surface area contributed by atoms with Crippen LogP contribution in [0.5, 0.6) is 0 Å². The summed E-state index contributed by atoms with van der Waals surface area (Å²) in [6.07, 6.45) is 3.79. The molecule has 0 spiro atoms. The largest absolute Gasteiger partial charge is 0.380 e. The number of carbonyl (C=O) groups is 3. The van der Waals surface area contributed by atoms with Crippen molar-refractivity contribution in [3.63, 3.8) is 0 Å². The van der Waals surface area contributed by atoms with Gasteiger partial charge in [-0.3, -0.25) is 14.2 Å². The zero-order chi connectivity index (χ0) is 24.8. The highest BCUT2D eigenvalue weighted by molar-refractivity contribution is 8.00. The van der Waals surface area contributed by atoms with Crippen molar-refractivity contribution < 1.29 is 38.2 Å². The first-order valence-corrected chi connectivity index (χ1v) is 14.5. The van der Waals surface area contributed by atoms with Crippen LogP contribution >= 0.6 is 19.4 Å². The summed E-state index contributed by atoms with van der Waals surface area (Å²) in [5.41, 5.74) is 0. The van der Waals surface area contributed by atoms with Crippen molar-refractivity contribution in [1.82, 2.24) is 21.3 Å². The molecule has 34 heavy (non-hydrogen) atoms. The van der Waals surface area contributed by atoms with Crippen LogP contribution in [0.3, 0.4) is 0 Å². The molecule has 14 heteroatoms. The smallest absolute Gasteiger partial charge is 0.325 e. The lowest BCUT2D eigenvalue weighted by atomic mass is 10.0. The van der Waals surface area contributed by atoms with Crippen LogP contribution in [0, 0.1) is 0 Å². The summed E-state index contributed by atoms with van der Waals surface area (Å²) in [5, 5.41) is 11.7. The maximum Gasteiger partial charge on any atom is 0.325 e. The van der Waals surface area contributed by atoms with Crippen molar-refractivity contribution >= 4 is 37.2 Å². The number of thioether (sulfide) groups is 1. The lowest BCUT2D eigenvalue weighted by Gasteiger charge is -2.16. The molecule has 196 valence electrons. The monoisotopic (exact) mass is 524 g/mol. The lowest BCUT2D eigenvalue weighted by molar-refractivity contribution is -0.125. The van der Waals surface area contributed by atoms with Gasteiger partial charge in [0.25, 0.3) is 0 Å². The average molecular weight is 525 g/mol. The lowest BCUT2D eigenvalue weighted by Crippen LogP contribution is -2.36. The third-order valence-corrected chi connectivity index (χ3v) is 7.82. The first-order chi connectivity index (χ1) is 16.2. The number of urea groups is 1. The van der Waals surface area contributed by atoms with E-state index in [0.29, 0.717) is 44.5 Å². The fourth-order valence-electron chi connectivity index (χ4n) is 3.72. The second kappa shape index (κ2) is 15.6. The van der Waals surface area contributed by atoms with Gasteiger partial charge in [0.05, 0.1) is 24.9 Å². The van der Waals surface area contributed by atoms with Gasteiger partial charge in [0.15, 0.2) is 0 Å². The van der Waals surface area contributed by atoms with Crippen LogP contribution < -0.4 is 21.3 Å². The number of carbonyl (C=O) groups excluding carboxylic acids is 3. The van der Waals surface area contributed by atoms with Gasteiger partial charge >= 0.3 is 13.6 Å². The topological polar surface area (TPSA) is 175 Å². The predicted octanol–water partition coefficient (Wildman–Crippen LogP) is -0.0643. The molecule has 0 aromatic rings. The van der Waals surface area contributed by atoms with E-state index >= 15 is 0 Å². The summed E-state index contributed by atoms with van der Waals surface area (Å²) in [7, 11) is -4.02. The summed E-state index contributed by atoms with van der Waals surface area (Å²) in [4.78, 5) is 52.2. The zero-order valence-corrected chi connectivity index (χ0v) is 21.0. The Morgan fingerprint density at radius 1 is 1.00 bits per heavy atom. The second-order valence-electron chi connectivity index (χ2n) is 8.33. The van der Waals surface area contributed by atoms with Crippen molar-refractivity contribution in [1.29, 1.82) is 0 Å². The highest BCUT2D eigenvalue weighted by Crippen LogP contribution is 2.34. The van der Waals surface area contributed by atoms with Crippen LogP contribution in [0.1, 0.15) is 38.5 Å². The normalized spacial score (nSPS) is 21.6. The quantitative estimate of drug-likeness (QED) is 0.0815. The van der Waals surface area contributed by atoms with Gasteiger partial charge in [-0.2, -0.15) is 11.8 Å². The van der Waals surface area contributed by atoms with Crippen LogP contribution in [0.25, 0.3) is 0 Å². The third-order valence-electron chi connectivity index (χ3n) is 5.41. The molecular weight excluding hydrogens is 487 g/mol. The van der Waals surface area contributed by atoms with Crippen LogP contribution in [0.4, 0.5) is 4.79 Å². The van der Waals surface area contributed by atoms with Crippen molar-refractivity contribution in [2.45, 2.75) is 55.9 Å². The number of amides is 4. The Morgan fingerprint density at radius 2 is 1.76 bits per heavy atom. The van der Waals surface area contributed by atoms with E-state index in [1.165, 1.54) is 0 Å².